The number of nitrogens with zero attached hydrogens (tertiary/aromatic N) is 1. The molecule has 0 amide bonds. The molecule has 1 N–H and O–H groups in total. The minimum atomic E-state index is 0.494. The molecule has 1 aliphatic rings. The quantitative estimate of drug-likeness (QED) is 0.697. The van der Waals surface area contributed by atoms with Crippen LogP contribution in [0.15, 0.2) is 11.8 Å². The average Bonchev–Trinajstić information content (AvgIpc) is 2.66. The van der Waals surface area contributed by atoms with Crippen molar-refractivity contribution < 1.29 is 4.74 Å². The van der Waals surface area contributed by atoms with Gasteiger partial charge in [0.2, 0.25) is 0 Å². The van der Waals surface area contributed by atoms with Crippen molar-refractivity contribution >= 4 is 0 Å². The van der Waals surface area contributed by atoms with Gasteiger partial charge in [0.1, 0.15) is 0 Å². The van der Waals surface area contributed by atoms with E-state index >= 15 is 0 Å². The third kappa shape index (κ3) is 3.00. The van der Waals surface area contributed by atoms with Gasteiger partial charge < -0.3 is 9.75 Å². The van der Waals surface area contributed by atoms with Crippen LogP contribution in [0.1, 0.15) is 27.2 Å². The Kier molecular flexibility index (Phi) is 4.42. The van der Waals surface area contributed by atoms with Crippen LogP contribution in [-0.4, -0.2) is 31.3 Å². The van der Waals surface area contributed by atoms with Gasteiger partial charge in [-0.25, -0.2) is 5.43 Å². The molecule has 1 unspecified atom stereocenters. The van der Waals surface area contributed by atoms with Crippen molar-refractivity contribution in [3.8, 4) is 0 Å². The lowest BCUT2D eigenvalue weighted by Crippen LogP contribution is -2.40. The zero-order valence-corrected chi connectivity index (χ0v) is 9.71. The van der Waals surface area contributed by atoms with Crippen molar-refractivity contribution in [1.82, 2.24) is 10.4 Å². The summed E-state index contributed by atoms with van der Waals surface area (Å²) in [4.78, 5) is 0. The highest BCUT2D eigenvalue weighted by molar-refractivity contribution is 5.01. The molecule has 0 saturated carbocycles. The van der Waals surface area contributed by atoms with E-state index in [0.29, 0.717) is 12.0 Å². The third-order valence-electron chi connectivity index (χ3n) is 2.81. The lowest BCUT2D eigenvalue weighted by Gasteiger charge is -2.26. The fraction of sp³-hybridized carbons (Fsp3) is 0.818. The first-order chi connectivity index (χ1) is 6.65. The predicted octanol–water partition coefficient (Wildman–Crippen LogP) is 1.77. The van der Waals surface area contributed by atoms with Crippen LogP contribution in [0.5, 0.6) is 0 Å². The molecule has 0 aliphatic carbocycles. The van der Waals surface area contributed by atoms with Gasteiger partial charge in [-0.2, -0.15) is 0 Å². The van der Waals surface area contributed by atoms with E-state index in [1.54, 1.807) is 0 Å². The maximum atomic E-state index is 5.37. The SMILES string of the molecule is CNN(/C=C(\C)C(C)C)C1CCOC1. The van der Waals surface area contributed by atoms with Crippen LogP contribution >= 0.6 is 0 Å². The maximum Gasteiger partial charge on any atom is 0.0703 e. The molecule has 1 heterocycles. The molecular weight excluding hydrogens is 176 g/mol. The van der Waals surface area contributed by atoms with E-state index < -0.39 is 0 Å². The number of hydrogen-bond donors (Lipinski definition) is 1. The summed E-state index contributed by atoms with van der Waals surface area (Å²) in [6, 6.07) is 0.494. The van der Waals surface area contributed by atoms with E-state index in [0.717, 1.165) is 19.6 Å². The summed E-state index contributed by atoms with van der Waals surface area (Å²) >= 11 is 0. The lowest BCUT2D eigenvalue weighted by atomic mass is 10.1. The second-order valence-electron chi connectivity index (χ2n) is 4.18. The molecule has 0 aromatic heterocycles. The van der Waals surface area contributed by atoms with E-state index in [2.05, 4.69) is 37.4 Å². The zero-order valence-electron chi connectivity index (χ0n) is 9.71. The minimum Gasteiger partial charge on any atom is -0.379 e. The van der Waals surface area contributed by atoms with Crippen LogP contribution in [0, 0.1) is 5.92 Å². The molecule has 0 aromatic rings. The van der Waals surface area contributed by atoms with Crippen LogP contribution in [0.4, 0.5) is 0 Å². The Bertz CT molecular complexity index is 195. The molecule has 0 bridgehead atoms. The Hall–Kier alpha value is -0.540. The number of nitrogens with one attached hydrogen (secondary N) is 1. The smallest absolute Gasteiger partial charge is 0.0703 e. The Morgan fingerprint density at radius 2 is 2.29 bits per heavy atom. The number of allylic oxidation sites excluding steroid dienone is 1. The van der Waals surface area contributed by atoms with Gasteiger partial charge in [0.25, 0.3) is 0 Å². The van der Waals surface area contributed by atoms with Gasteiger partial charge in [-0.05, 0) is 19.3 Å². The fourth-order valence-corrected chi connectivity index (χ4v) is 1.46. The summed E-state index contributed by atoms with van der Waals surface area (Å²) in [5.74, 6) is 0.605. The molecule has 3 heteroatoms. The van der Waals surface area contributed by atoms with Crippen LogP contribution < -0.4 is 5.43 Å². The van der Waals surface area contributed by atoms with E-state index in [-0.39, 0.29) is 0 Å². The van der Waals surface area contributed by atoms with Crippen molar-refractivity contribution in [2.45, 2.75) is 33.2 Å². The van der Waals surface area contributed by atoms with Crippen LogP contribution in [0.2, 0.25) is 0 Å². The molecule has 3 nitrogen and oxygen atoms in total. The summed E-state index contributed by atoms with van der Waals surface area (Å²) in [5, 5.41) is 2.17. The topological polar surface area (TPSA) is 24.5 Å². The van der Waals surface area contributed by atoms with E-state index in [4.69, 9.17) is 4.74 Å². The fourth-order valence-electron chi connectivity index (χ4n) is 1.46. The van der Waals surface area contributed by atoms with Crippen LogP contribution in [0.3, 0.4) is 0 Å². The summed E-state index contributed by atoms with van der Waals surface area (Å²) in [6.07, 6.45) is 3.31. The second kappa shape index (κ2) is 5.37. The lowest BCUT2D eigenvalue weighted by molar-refractivity contribution is 0.149. The molecule has 0 radical (unpaired) electrons. The van der Waals surface area contributed by atoms with Gasteiger partial charge in [0.05, 0.1) is 12.6 Å². The molecule has 1 atom stereocenters. The van der Waals surface area contributed by atoms with Crippen molar-refractivity contribution in [3.05, 3.63) is 11.8 Å². The van der Waals surface area contributed by atoms with Gasteiger partial charge in [-0.3, -0.25) is 0 Å². The molecule has 1 fully saturated rings. The molecule has 14 heavy (non-hydrogen) atoms. The van der Waals surface area contributed by atoms with Crippen LogP contribution in [-0.2, 0) is 4.74 Å². The largest absolute Gasteiger partial charge is 0.379 e. The van der Waals surface area contributed by atoms with Crippen molar-refractivity contribution in [3.63, 3.8) is 0 Å². The summed E-state index contributed by atoms with van der Waals surface area (Å²) in [6.45, 7) is 8.32. The van der Waals surface area contributed by atoms with Crippen molar-refractivity contribution in [2.75, 3.05) is 20.3 Å². The molecular formula is C11H22N2O. The Labute approximate surface area is 87.1 Å². The first kappa shape index (κ1) is 11.5. The maximum absolute atomic E-state index is 5.37. The first-order valence-corrected chi connectivity index (χ1v) is 5.37. The average molecular weight is 198 g/mol. The molecule has 1 aliphatic heterocycles. The van der Waals surface area contributed by atoms with Crippen molar-refractivity contribution in [2.24, 2.45) is 5.92 Å². The van der Waals surface area contributed by atoms with Gasteiger partial charge in [0, 0.05) is 19.9 Å². The Balaban J connectivity index is 2.57. The molecule has 0 aromatic carbocycles. The second-order valence-corrected chi connectivity index (χ2v) is 4.18. The summed E-state index contributed by atoms with van der Waals surface area (Å²) in [5.41, 5.74) is 4.60. The first-order valence-electron chi connectivity index (χ1n) is 5.37. The predicted molar refractivity (Wildman–Crippen MR) is 58.7 cm³/mol. The molecule has 1 rings (SSSR count). The van der Waals surface area contributed by atoms with Crippen LogP contribution in [0.25, 0.3) is 0 Å². The molecule has 1 saturated heterocycles. The number of rotatable bonds is 4. The number of ether oxygens (including phenoxy) is 1. The van der Waals surface area contributed by atoms with E-state index in [9.17, 15) is 0 Å². The molecule has 82 valence electrons. The van der Waals surface area contributed by atoms with E-state index in [1.165, 1.54) is 5.57 Å². The highest BCUT2D eigenvalue weighted by atomic mass is 16.5. The molecule has 0 spiro atoms. The highest BCUT2D eigenvalue weighted by Crippen LogP contribution is 2.14. The standard InChI is InChI=1S/C11H22N2O/c1-9(2)10(3)7-13(12-4)11-5-6-14-8-11/h7,9,11-12H,5-6,8H2,1-4H3/b10-7+. The number of hydrazine groups is 1. The monoisotopic (exact) mass is 198 g/mol. The zero-order chi connectivity index (χ0) is 10.6. The summed E-state index contributed by atoms with van der Waals surface area (Å²) in [7, 11) is 1.96. The highest BCUT2D eigenvalue weighted by Gasteiger charge is 2.20. The normalized spacial score (nSPS) is 23.2. The van der Waals surface area contributed by atoms with Gasteiger partial charge in [-0.15, -0.1) is 0 Å². The van der Waals surface area contributed by atoms with Gasteiger partial charge in [-0.1, -0.05) is 19.4 Å². The minimum absolute atomic E-state index is 0.494. The Morgan fingerprint density at radius 1 is 1.57 bits per heavy atom. The summed E-state index contributed by atoms with van der Waals surface area (Å²) < 4.78 is 5.37. The third-order valence-corrected chi connectivity index (χ3v) is 2.81. The van der Waals surface area contributed by atoms with Crippen molar-refractivity contribution in [1.29, 1.82) is 0 Å². The van der Waals surface area contributed by atoms with Gasteiger partial charge in [0.15, 0.2) is 0 Å². The van der Waals surface area contributed by atoms with E-state index in [1.807, 2.05) is 7.05 Å². The van der Waals surface area contributed by atoms with Gasteiger partial charge >= 0.3 is 0 Å². The number of hydrogen-bond acceptors (Lipinski definition) is 3. The Morgan fingerprint density at radius 3 is 2.71 bits per heavy atom.